The molecule has 1 N–H and O–H groups in total. The molecule has 0 aliphatic heterocycles. The summed E-state index contributed by atoms with van der Waals surface area (Å²) < 4.78 is 202. The zero-order valence-electron chi connectivity index (χ0n) is 17.7. The van der Waals surface area contributed by atoms with Gasteiger partial charge < -0.3 is 9.84 Å². The van der Waals surface area contributed by atoms with Crippen LogP contribution in [0.1, 0.15) is 24.2 Å². The standard InChI is InChI=1S/C18H11F15O4/c1-11(2,9(35)7-3-5-8(34)6-4-7)37-10(36)12(19,20)13(21,22)14(23,24)15(25,26)16(27,28)17(29,30)18(31,32)33/h3-6,34H,1-2H3. The lowest BCUT2D eigenvalue weighted by Crippen LogP contribution is -2.73. The van der Waals surface area contributed by atoms with Gasteiger partial charge in [-0.2, -0.15) is 65.9 Å². The number of hydrogen-bond donors (Lipinski definition) is 1. The number of carbonyl (C=O) groups excluding carboxylic acids is 2. The number of rotatable bonds is 9. The van der Waals surface area contributed by atoms with Crippen molar-refractivity contribution in [2.24, 2.45) is 0 Å². The molecule has 1 rings (SSSR count). The van der Waals surface area contributed by atoms with Crippen molar-refractivity contribution in [3.8, 4) is 5.75 Å². The smallest absolute Gasteiger partial charge is 0.460 e. The minimum absolute atomic E-state index is 0.374. The molecular formula is C18H11F15O4. The van der Waals surface area contributed by atoms with Gasteiger partial charge in [0.15, 0.2) is 5.60 Å². The molecule has 0 saturated carbocycles. The van der Waals surface area contributed by atoms with Gasteiger partial charge in [0, 0.05) is 5.56 Å². The van der Waals surface area contributed by atoms with Crippen LogP contribution in [-0.4, -0.2) is 64.2 Å². The van der Waals surface area contributed by atoms with E-state index >= 15 is 0 Å². The molecule has 212 valence electrons. The third-order valence-electron chi connectivity index (χ3n) is 4.61. The number of halogens is 15. The summed E-state index contributed by atoms with van der Waals surface area (Å²) in [6, 6.07) is 3.09. The molecule has 0 aliphatic carbocycles. The van der Waals surface area contributed by atoms with Crippen LogP contribution in [0.2, 0.25) is 0 Å². The number of ketones is 1. The number of ether oxygens (including phenoxy) is 1. The fourth-order valence-electron chi connectivity index (χ4n) is 2.40. The number of aromatic hydroxyl groups is 1. The molecule has 1 aromatic rings. The van der Waals surface area contributed by atoms with Crippen LogP contribution < -0.4 is 0 Å². The second-order valence-corrected chi connectivity index (χ2v) is 7.72. The topological polar surface area (TPSA) is 63.6 Å². The zero-order valence-corrected chi connectivity index (χ0v) is 17.7. The Morgan fingerprint density at radius 1 is 0.622 bits per heavy atom. The van der Waals surface area contributed by atoms with E-state index in [1.165, 1.54) is 0 Å². The minimum atomic E-state index is -8.57. The number of alkyl halides is 15. The van der Waals surface area contributed by atoms with E-state index in [-0.39, 0.29) is 0 Å². The van der Waals surface area contributed by atoms with E-state index in [0.29, 0.717) is 13.8 Å². The highest BCUT2D eigenvalue weighted by molar-refractivity contribution is 6.03. The summed E-state index contributed by atoms with van der Waals surface area (Å²) in [5.74, 6) is -55.1. The van der Waals surface area contributed by atoms with Crippen molar-refractivity contribution < 1.29 is 85.3 Å². The highest BCUT2D eigenvalue weighted by Gasteiger charge is 2.94. The first-order chi connectivity index (χ1) is 16.0. The number of hydrogen-bond acceptors (Lipinski definition) is 4. The molecule has 0 aromatic heterocycles. The Bertz CT molecular complexity index is 1030. The summed E-state index contributed by atoms with van der Waals surface area (Å²) in [7, 11) is 0. The summed E-state index contributed by atoms with van der Waals surface area (Å²) in [5.41, 5.74) is -3.62. The number of phenols is 1. The SMILES string of the molecule is CC(C)(OC(=O)C(F)(F)C(F)(F)C(F)(F)C(F)(F)C(F)(F)C(F)(F)C(F)(F)F)C(=O)c1ccc(O)cc1. The highest BCUT2D eigenvalue weighted by Crippen LogP contribution is 2.62. The molecule has 0 bridgehead atoms. The summed E-state index contributed by atoms with van der Waals surface area (Å²) in [6.45, 7) is 0.748. The van der Waals surface area contributed by atoms with Crippen molar-refractivity contribution in [2.45, 2.75) is 61.2 Å². The predicted octanol–water partition coefficient (Wildman–Crippen LogP) is 6.27. The monoisotopic (exact) mass is 576 g/mol. The average Bonchev–Trinajstić information content (AvgIpc) is 2.71. The number of benzene rings is 1. The van der Waals surface area contributed by atoms with Gasteiger partial charge in [0.25, 0.3) is 0 Å². The Balaban J connectivity index is 3.47. The van der Waals surface area contributed by atoms with Crippen LogP contribution in [0.5, 0.6) is 5.75 Å². The van der Waals surface area contributed by atoms with Crippen LogP contribution >= 0.6 is 0 Å². The van der Waals surface area contributed by atoms with Gasteiger partial charge in [-0.25, -0.2) is 4.79 Å². The molecule has 37 heavy (non-hydrogen) atoms. The van der Waals surface area contributed by atoms with Gasteiger partial charge in [-0.05, 0) is 38.1 Å². The first-order valence-corrected chi connectivity index (χ1v) is 8.95. The van der Waals surface area contributed by atoms with Crippen molar-refractivity contribution in [1.82, 2.24) is 0 Å². The maximum absolute atomic E-state index is 14.0. The van der Waals surface area contributed by atoms with Crippen molar-refractivity contribution >= 4 is 11.8 Å². The van der Waals surface area contributed by atoms with E-state index in [2.05, 4.69) is 4.74 Å². The van der Waals surface area contributed by atoms with E-state index in [1.54, 1.807) is 0 Å². The van der Waals surface area contributed by atoms with E-state index in [4.69, 9.17) is 5.11 Å². The van der Waals surface area contributed by atoms with Crippen molar-refractivity contribution in [2.75, 3.05) is 0 Å². The van der Waals surface area contributed by atoms with Gasteiger partial charge >= 0.3 is 47.7 Å². The fourth-order valence-corrected chi connectivity index (χ4v) is 2.40. The Morgan fingerprint density at radius 3 is 1.35 bits per heavy atom. The molecule has 0 heterocycles. The summed E-state index contributed by atoms with van der Waals surface area (Å²) >= 11 is 0. The van der Waals surface area contributed by atoms with Crippen LogP contribution in [0.25, 0.3) is 0 Å². The Morgan fingerprint density at radius 2 is 0.973 bits per heavy atom. The number of Topliss-reactive ketones (excluding diaryl/α,β-unsaturated/α-hetero) is 1. The Kier molecular flexibility index (Phi) is 7.69. The maximum atomic E-state index is 14.0. The zero-order chi connectivity index (χ0) is 29.8. The summed E-state index contributed by atoms with van der Waals surface area (Å²) in [5, 5.41) is 9.10. The molecule has 0 atom stereocenters. The number of phenolic OH excluding ortho intramolecular Hbond substituents is 1. The van der Waals surface area contributed by atoms with Gasteiger partial charge in [-0.15, -0.1) is 0 Å². The van der Waals surface area contributed by atoms with Crippen LogP contribution in [0, 0.1) is 0 Å². The Labute approximate surface area is 195 Å². The van der Waals surface area contributed by atoms with E-state index < -0.39 is 70.4 Å². The molecule has 0 radical (unpaired) electrons. The molecule has 19 heteroatoms. The molecule has 0 aliphatic rings. The number of carbonyl (C=O) groups is 2. The highest BCUT2D eigenvalue weighted by atomic mass is 19.4. The van der Waals surface area contributed by atoms with E-state index in [0.717, 1.165) is 24.3 Å². The molecule has 0 saturated heterocycles. The van der Waals surface area contributed by atoms with E-state index in [1.807, 2.05) is 0 Å². The molecule has 0 unspecified atom stereocenters. The molecule has 0 fully saturated rings. The van der Waals surface area contributed by atoms with Crippen LogP contribution in [0.15, 0.2) is 24.3 Å². The molecular weight excluding hydrogens is 565 g/mol. The van der Waals surface area contributed by atoms with E-state index in [9.17, 15) is 75.4 Å². The first kappa shape index (κ1) is 32.1. The maximum Gasteiger partial charge on any atom is 0.460 e. The lowest BCUT2D eigenvalue weighted by atomic mass is 9.91. The van der Waals surface area contributed by atoms with Crippen LogP contribution in [0.3, 0.4) is 0 Å². The summed E-state index contributed by atoms with van der Waals surface area (Å²) in [6.07, 6.45) is -7.76. The predicted molar refractivity (Wildman–Crippen MR) is 88.3 cm³/mol. The number of esters is 1. The molecule has 1 aromatic carbocycles. The second kappa shape index (κ2) is 8.85. The van der Waals surface area contributed by atoms with Gasteiger partial charge in [0.1, 0.15) is 5.75 Å². The summed E-state index contributed by atoms with van der Waals surface area (Å²) in [4.78, 5) is 23.8. The third kappa shape index (κ3) is 4.75. The minimum Gasteiger partial charge on any atom is -0.508 e. The molecule has 0 spiro atoms. The van der Waals surface area contributed by atoms with Crippen molar-refractivity contribution in [3.63, 3.8) is 0 Å². The van der Waals surface area contributed by atoms with Gasteiger partial charge in [0.2, 0.25) is 5.78 Å². The largest absolute Gasteiger partial charge is 0.508 e. The van der Waals surface area contributed by atoms with Crippen LogP contribution in [0.4, 0.5) is 65.9 Å². The van der Waals surface area contributed by atoms with Crippen LogP contribution in [-0.2, 0) is 9.53 Å². The second-order valence-electron chi connectivity index (χ2n) is 7.72. The molecule has 0 amide bonds. The Hall–Kier alpha value is -2.89. The van der Waals surface area contributed by atoms with Crippen molar-refractivity contribution in [1.29, 1.82) is 0 Å². The average molecular weight is 576 g/mol. The third-order valence-corrected chi connectivity index (χ3v) is 4.61. The van der Waals surface area contributed by atoms with Gasteiger partial charge in [0.05, 0.1) is 0 Å². The van der Waals surface area contributed by atoms with Gasteiger partial charge in [-0.1, -0.05) is 0 Å². The lowest BCUT2D eigenvalue weighted by molar-refractivity contribution is -0.450. The normalized spacial score (nSPS) is 14.9. The van der Waals surface area contributed by atoms with Crippen molar-refractivity contribution in [3.05, 3.63) is 29.8 Å². The first-order valence-electron chi connectivity index (χ1n) is 8.95. The quantitative estimate of drug-likeness (QED) is 0.214. The molecule has 4 nitrogen and oxygen atoms in total. The fraction of sp³-hybridized carbons (Fsp3) is 0.556. The lowest BCUT2D eigenvalue weighted by Gasteiger charge is -2.41. The van der Waals surface area contributed by atoms with Gasteiger partial charge in [-0.3, -0.25) is 4.79 Å².